The lowest BCUT2D eigenvalue weighted by molar-refractivity contribution is -0.121. The molecule has 3 heterocycles. The Balaban J connectivity index is 1.75. The molecule has 0 bridgehead atoms. The molecule has 1 unspecified atom stereocenters. The summed E-state index contributed by atoms with van der Waals surface area (Å²) in [6.07, 6.45) is 3.32. The lowest BCUT2D eigenvalue weighted by Gasteiger charge is -2.35. The molecule has 3 N–H and O–H groups in total. The van der Waals surface area contributed by atoms with Crippen molar-refractivity contribution in [3.63, 3.8) is 0 Å². The molecule has 8 heteroatoms. The number of hydrogen-bond acceptors (Lipinski definition) is 5. The van der Waals surface area contributed by atoms with E-state index in [0.29, 0.717) is 19.5 Å². The van der Waals surface area contributed by atoms with Crippen molar-refractivity contribution in [2.24, 2.45) is 12.8 Å². The van der Waals surface area contributed by atoms with Gasteiger partial charge in [-0.25, -0.2) is 0 Å². The predicted molar refractivity (Wildman–Crippen MR) is 98.7 cm³/mol. The Hall–Kier alpha value is -1.93. The molecule has 1 saturated heterocycles. The summed E-state index contributed by atoms with van der Waals surface area (Å²) < 4.78 is 1.83. The number of aryl methyl sites for hydroxylation is 2. The smallest absolute Gasteiger partial charge is 0.264 e. The first kappa shape index (κ1) is 17.9. The van der Waals surface area contributed by atoms with Crippen LogP contribution < -0.4 is 11.1 Å². The summed E-state index contributed by atoms with van der Waals surface area (Å²) in [4.78, 5) is 28.4. The van der Waals surface area contributed by atoms with E-state index in [1.54, 1.807) is 0 Å². The van der Waals surface area contributed by atoms with E-state index < -0.39 is 0 Å². The van der Waals surface area contributed by atoms with Crippen LogP contribution in [0, 0.1) is 6.92 Å². The standard InChI is InChI=1S/C17H25N5O2S/c1-11-13-9-14(25-17(13)21(2)20-11)16(24)22-8-4-3-5-12(22)10-19-15(23)6-7-18/h9,12H,3-8,10,18H2,1-2H3,(H,19,23). The number of carbonyl (C=O) groups is 2. The van der Waals surface area contributed by atoms with Gasteiger partial charge in [0.25, 0.3) is 5.91 Å². The Morgan fingerprint density at radius 2 is 2.24 bits per heavy atom. The van der Waals surface area contributed by atoms with Gasteiger partial charge in [-0.2, -0.15) is 5.10 Å². The van der Waals surface area contributed by atoms with E-state index in [2.05, 4.69) is 10.4 Å². The van der Waals surface area contributed by atoms with Crippen LogP contribution in [0.4, 0.5) is 0 Å². The van der Waals surface area contributed by atoms with Crippen molar-refractivity contribution in [2.45, 2.75) is 38.6 Å². The maximum Gasteiger partial charge on any atom is 0.264 e. The number of nitrogens with one attached hydrogen (secondary N) is 1. The van der Waals surface area contributed by atoms with Crippen molar-refractivity contribution in [1.82, 2.24) is 20.0 Å². The van der Waals surface area contributed by atoms with Crippen LogP contribution in [-0.4, -0.2) is 52.2 Å². The topological polar surface area (TPSA) is 93.2 Å². The van der Waals surface area contributed by atoms with E-state index in [1.807, 2.05) is 29.6 Å². The first-order chi connectivity index (χ1) is 12.0. The molecule has 2 aromatic rings. The normalized spacial score (nSPS) is 17.9. The fraction of sp³-hybridized carbons (Fsp3) is 0.588. The zero-order valence-corrected chi connectivity index (χ0v) is 15.6. The van der Waals surface area contributed by atoms with Gasteiger partial charge in [0.15, 0.2) is 0 Å². The van der Waals surface area contributed by atoms with E-state index in [1.165, 1.54) is 11.3 Å². The third-order valence-corrected chi connectivity index (χ3v) is 5.89. The van der Waals surface area contributed by atoms with Gasteiger partial charge in [0.05, 0.1) is 10.6 Å². The summed E-state index contributed by atoms with van der Waals surface area (Å²) in [6.45, 7) is 3.53. The fourth-order valence-electron chi connectivity index (χ4n) is 3.38. The van der Waals surface area contributed by atoms with Crippen LogP contribution in [0.25, 0.3) is 10.2 Å². The number of nitrogens with two attached hydrogens (primary N) is 1. The van der Waals surface area contributed by atoms with Gasteiger partial charge in [0.1, 0.15) is 4.83 Å². The first-order valence-corrected chi connectivity index (χ1v) is 9.53. The highest BCUT2D eigenvalue weighted by atomic mass is 32.1. The van der Waals surface area contributed by atoms with E-state index in [4.69, 9.17) is 5.73 Å². The highest BCUT2D eigenvalue weighted by molar-refractivity contribution is 7.20. The summed E-state index contributed by atoms with van der Waals surface area (Å²) in [5.74, 6) is 0.00223. The minimum absolute atomic E-state index is 0.0485. The average molecular weight is 363 g/mol. The number of carbonyl (C=O) groups excluding carboxylic acids is 2. The molecule has 3 rings (SSSR count). The van der Waals surface area contributed by atoms with Gasteiger partial charge in [0.2, 0.25) is 5.91 Å². The van der Waals surface area contributed by atoms with Gasteiger partial charge in [-0.05, 0) is 32.3 Å². The lowest BCUT2D eigenvalue weighted by Crippen LogP contribution is -2.49. The van der Waals surface area contributed by atoms with Crippen LogP contribution in [0.1, 0.15) is 41.0 Å². The number of amides is 2. The third-order valence-electron chi connectivity index (χ3n) is 4.70. The molecule has 25 heavy (non-hydrogen) atoms. The summed E-state index contributed by atoms with van der Waals surface area (Å²) in [7, 11) is 1.90. The predicted octanol–water partition coefficient (Wildman–Crippen LogP) is 1.40. The molecule has 7 nitrogen and oxygen atoms in total. The zero-order chi connectivity index (χ0) is 18.0. The monoisotopic (exact) mass is 363 g/mol. The van der Waals surface area contributed by atoms with E-state index in [-0.39, 0.29) is 17.9 Å². The fourth-order valence-corrected chi connectivity index (χ4v) is 4.46. The first-order valence-electron chi connectivity index (χ1n) is 8.72. The molecule has 1 fully saturated rings. The van der Waals surface area contributed by atoms with Crippen LogP contribution >= 0.6 is 11.3 Å². The van der Waals surface area contributed by atoms with Gasteiger partial charge < -0.3 is 16.0 Å². The zero-order valence-electron chi connectivity index (χ0n) is 14.7. The minimum Gasteiger partial charge on any atom is -0.354 e. The number of fused-ring (bicyclic) bond motifs is 1. The quantitative estimate of drug-likeness (QED) is 0.840. The summed E-state index contributed by atoms with van der Waals surface area (Å²) in [5, 5.41) is 8.34. The van der Waals surface area contributed by atoms with Crippen molar-refractivity contribution in [3.8, 4) is 0 Å². The molecule has 0 aliphatic carbocycles. The highest BCUT2D eigenvalue weighted by Gasteiger charge is 2.29. The Labute approximate surface area is 151 Å². The van der Waals surface area contributed by atoms with Crippen LogP contribution in [0.2, 0.25) is 0 Å². The Bertz CT molecular complexity index is 747. The SMILES string of the molecule is Cc1nn(C)c2sc(C(=O)N3CCCCC3CNC(=O)CCN)cc12. The second-order valence-corrected chi connectivity index (χ2v) is 7.56. The van der Waals surface area contributed by atoms with Gasteiger partial charge in [-0.3, -0.25) is 14.3 Å². The molecule has 136 valence electrons. The Morgan fingerprint density at radius 1 is 1.44 bits per heavy atom. The number of likely N-dealkylation sites (tertiary alicyclic amines) is 1. The Kier molecular flexibility index (Phi) is 5.39. The van der Waals surface area contributed by atoms with Gasteiger partial charge >= 0.3 is 0 Å². The number of nitrogens with zero attached hydrogens (tertiary/aromatic N) is 3. The molecule has 2 amide bonds. The lowest BCUT2D eigenvalue weighted by atomic mass is 10.0. The second kappa shape index (κ2) is 7.53. The molecular formula is C17H25N5O2S. The average Bonchev–Trinajstić information content (AvgIpc) is 3.15. The molecule has 0 saturated carbocycles. The van der Waals surface area contributed by atoms with Gasteiger partial charge in [-0.1, -0.05) is 0 Å². The maximum atomic E-state index is 13.0. The van der Waals surface area contributed by atoms with E-state index >= 15 is 0 Å². The van der Waals surface area contributed by atoms with Crippen molar-refractivity contribution in [3.05, 3.63) is 16.6 Å². The van der Waals surface area contributed by atoms with Crippen LogP contribution in [0.3, 0.4) is 0 Å². The molecule has 1 atom stereocenters. The number of thiophene rings is 1. The summed E-state index contributed by atoms with van der Waals surface area (Å²) in [6, 6.07) is 2.00. The molecular weight excluding hydrogens is 338 g/mol. The molecule has 1 aliphatic heterocycles. The van der Waals surface area contributed by atoms with E-state index in [0.717, 1.165) is 46.6 Å². The number of aromatic nitrogens is 2. The second-order valence-electron chi connectivity index (χ2n) is 6.53. The summed E-state index contributed by atoms with van der Waals surface area (Å²) >= 11 is 1.49. The Morgan fingerprint density at radius 3 is 2.96 bits per heavy atom. The van der Waals surface area contributed by atoms with Crippen molar-refractivity contribution >= 4 is 33.4 Å². The number of rotatable bonds is 5. The molecule has 1 aliphatic rings. The third kappa shape index (κ3) is 3.69. The maximum absolute atomic E-state index is 13.0. The van der Waals surface area contributed by atoms with Crippen molar-refractivity contribution < 1.29 is 9.59 Å². The highest BCUT2D eigenvalue weighted by Crippen LogP contribution is 2.30. The van der Waals surface area contributed by atoms with Crippen molar-refractivity contribution in [2.75, 3.05) is 19.6 Å². The van der Waals surface area contributed by atoms with Crippen molar-refractivity contribution in [1.29, 1.82) is 0 Å². The van der Waals surface area contributed by atoms with Crippen LogP contribution in [-0.2, 0) is 11.8 Å². The van der Waals surface area contributed by atoms with Gasteiger partial charge in [-0.15, -0.1) is 11.3 Å². The molecule has 0 aromatic carbocycles. The molecule has 2 aromatic heterocycles. The van der Waals surface area contributed by atoms with E-state index in [9.17, 15) is 9.59 Å². The molecule has 0 radical (unpaired) electrons. The van der Waals surface area contributed by atoms with Crippen LogP contribution in [0.15, 0.2) is 6.07 Å². The van der Waals surface area contributed by atoms with Gasteiger partial charge in [0, 0.05) is 44.5 Å². The molecule has 0 spiro atoms. The summed E-state index contributed by atoms with van der Waals surface area (Å²) in [5.41, 5.74) is 6.35. The number of piperidine rings is 1. The number of hydrogen-bond donors (Lipinski definition) is 2. The minimum atomic E-state index is -0.0518. The largest absolute Gasteiger partial charge is 0.354 e. The van der Waals surface area contributed by atoms with Crippen LogP contribution in [0.5, 0.6) is 0 Å².